The number of para-hydroxylation sites is 1. The van der Waals surface area contributed by atoms with Gasteiger partial charge in [0.1, 0.15) is 0 Å². The van der Waals surface area contributed by atoms with E-state index in [4.69, 9.17) is 15.0 Å². The minimum absolute atomic E-state index is 0.512. The normalized spacial score (nSPS) is 12.8. The average molecular weight is 965 g/mol. The van der Waals surface area contributed by atoms with Crippen molar-refractivity contribution in [2.75, 3.05) is 0 Å². The van der Waals surface area contributed by atoms with Gasteiger partial charge in [-0.1, -0.05) is 231 Å². The Kier molecular flexibility index (Phi) is 9.22. The van der Waals surface area contributed by atoms with E-state index in [1.165, 1.54) is 76.8 Å². The fourth-order valence-corrected chi connectivity index (χ4v) is 13.0. The second kappa shape index (κ2) is 16.5. The molecule has 0 fully saturated rings. The summed E-state index contributed by atoms with van der Waals surface area (Å²) in [4.78, 5) is 16.6. The van der Waals surface area contributed by atoms with Gasteiger partial charge < -0.3 is 4.57 Å². The van der Waals surface area contributed by atoms with Crippen molar-refractivity contribution in [2.45, 2.75) is 5.41 Å². The SMILES string of the molecule is c1ccc(-c2ccc3c4ccccc4n(-c4cc(-c5nc(-c6ccccc6)nc(-c6cccc7c6-c6ccccc6C76c7ccccc7-c7ccccc76)n5)cc(-c5cc6ccccc6c6ccccc56)c4)c3c2)cc1. The van der Waals surface area contributed by atoms with Crippen molar-refractivity contribution < 1.29 is 0 Å². The van der Waals surface area contributed by atoms with Crippen molar-refractivity contribution in [3.8, 4) is 84.4 Å². The highest BCUT2D eigenvalue weighted by molar-refractivity contribution is 6.15. The second-order valence-corrected chi connectivity index (χ2v) is 20.2. The van der Waals surface area contributed by atoms with Crippen LogP contribution in [0.5, 0.6) is 0 Å². The van der Waals surface area contributed by atoms with Gasteiger partial charge in [0.15, 0.2) is 17.5 Å². The standard InChI is InChI=1S/C72H44N4/c1-3-20-45(21-4-1)47-38-39-58-57-30-14-18-37-66(57)76(67(58)44-47)51-41-49(61-43-48-24-7-8-25-52(48)53-26-9-10-27-54(53)61)40-50(42-51)70-73-69(46-22-5-2-6-23-46)74-71(75-70)60-32-19-36-65-68(60)59-31-13-17-35-64(59)72(65)62-33-15-11-28-55(62)56-29-12-16-34-63(56)72/h1-44H. The number of aromatic nitrogens is 4. The van der Waals surface area contributed by atoms with E-state index in [1.807, 2.05) is 6.07 Å². The van der Waals surface area contributed by atoms with E-state index in [0.29, 0.717) is 17.5 Å². The molecule has 76 heavy (non-hydrogen) atoms. The fourth-order valence-electron chi connectivity index (χ4n) is 13.0. The van der Waals surface area contributed by atoms with E-state index in [2.05, 4.69) is 265 Å². The summed E-state index contributed by atoms with van der Waals surface area (Å²) in [7, 11) is 0. The van der Waals surface area contributed by atoms with Crippen LogP contribution in [0.1, 0.15) is 22.3 Å². The Hall–Kier alpha value is -10.0. The van der Waals surface area contributed by atoms with Crippen molar-refractivity contribution in [2.24, 2.45) is 0 Å². The molecular weight excluding hydrogens is 921 g/mol. The molecule has 0 bridgehead atoms. The molecule has 16 rings (SSSR count). The number of rotatable bonds is 6. The predicted octanol–water partition coefficient (Wildman–Crippen LogP) is 18.0. The van der Waals surface area contributed by atoms with E-state index in [9.17, 15) is 0 Å². The molecule has 0 saturated carbocycles. The molecule has 0 atom stereocenters. The molecule has 1 spiro atoms. The molecule has 12 aromatic carbocycles. The van der Waals surface area contributed by atoms with E-state index in [1.54, 1.807) is 0 Å². The number of nitrogens with zero attached hydrogens (tertiary/aromatic N) is 4. The molecule has 0 aliphatic heterocycles. The van der Waals surface area contributed by atoms with Crippen LogP contribution in [0.2, 0.25) is 0 Å². The van der Waals surface area contributed by atoms with Gasteiger partial charge in [0, 0.05) is 33.2 Å². The fraction of sp³-hybridized carbons (Fsp3) is 0.0139. The molecule has 2 aliphatic carbocycles. The van der Waals surface area contributed by atoms with Crippen molar-refractivity contribution in [1.29, 1.82) is 0 Å². The van der Waals surface area contributed by atoms with Crippen molar-refractivity contribution >= 4 is 43.4 Å². The monoisotopic (exact) mass is 964 g/mol. The summed E-state index contributed by atoms with van der Waals surface area (Å²) in [6.45, 7) is 0. The van der Waals surface area contributed by atoms with Gasteiger partial charge in [0.05, 0.1) is 16.4 Å². The quantitative estimate of drug-likeness (QED) is 0.156. The van der Waals surface area contributed by atoms with Crippen LogP contribution in [0.15, 0.2) is 267 Å². The smallest absolute Gasteiger partial charge is 0.164 e. The topological polar surface area (TPSA) is 43.6 Å². The first-order valence-electron chi connectivity index (χ1n) is 26.1. The number of benzene rings is 12. The van der Waals surface area contributed by atoms with Gasteiger partial charge in [-0.05, 0) is 125 Å². The zero-order chi connectivity index (χ0) is 49.9. The molecule has 14 aromatic rings. The van der Waals surface area contributed by atoms with Crippen LogP contribution in [0.4, 0.5) is 0 Å². The first-order chi connectivity index (χ1) is 37.7. The van der Waals surface area contributed by atoms with E-state index >= 15 is 0 Å². The van der Waals surface area contributed by atoms with Crippen LogP contribution < -0.4 is 0 Å². The van der Waals surface area contributed by atoms with Crippen LogP contribution >= 0.6 is 0 Å². The number of hydrogen-bond donors (Lipinski definition) is 0. The van der Waals surface area contributed by atoms with Crippen LogP contribution in [0.3, 0.4) is 0 Å². The molecule has 4 nitrogen and oxygen atoms in total. The van der Waals surface area contributed by atoms with Gasteiger partial charge in [-0.3, -0.25) is 0 Å². The zero-order valence-electron chi connectivity index (χ0n) is 41.2. The summed E-state index contributed by atoms with van der Waals surface area (Å²) in [5, 5.41) is 7.19. The summed E-state index contributed by atoms with van der Waals surface area (Å²) in [5.41, 5.74) is 20.1. The Morgan fingerprint density at radius 3 is 1.54 bits per heavy atom. The Bertz CT molecular complexity index is 4660. The first-order valence-corrected chi connectivity index (χ1v) is 26.1. The Morgan fingerprint density at radius 2 is 0.789 bits per heavy atom. The van der Waals surface area contributed by atoms with Crippen molar-refractivity contribution in [1.82, 2.24) is 19.5 Å². The molecule has 0 radical (unpaired) electrons. The third-order valence-electron chi connectivity index (χ3n) is 16.2. The maximum Gasteiger partial charge on any atom is 0.164 e. The highest BCUT2D eigenvalue weighted by Gasteiger charge is 2.52. The summed E-state index contributed by atoms with van der Waals surface area (Å²) < 4.78 is 2.44. The average Bonchev–Trinajstić information content (AvgIpc) is 4.19. The molecule has 352 valence electrons. The molecule has 0 N–H and O–H groups in total. The molecule has 2 heterocycles. The number of hydrogen-bond acceptors (Lipinski definition) is 3. The van der Waals surface area contributed by atoms with Gasteiger partial charge >= 0.3 is 0 Å². The van der Waals surface area contributed by atoms with E-state index in [-0.39, 0.29) is 0 Å². The second-order valence-electron chi connectivity index (χ2n) is 20.2. The van der Waals surface area contributed by atoms with Gasteiger partial charge in [0.25, 0.3) is 0 Å². The predicted molar refractivity (Wildman–Crippen MR) is 313 cm³/mol. The van der Waals surface area contributed by atoms with Gasteiger partial charge in [0.2, 0.25) is 0 Å². The Labute approximate surface area is 439 Å². The van der Waals surface area contributed by atoms with E-state index < -0.39 is 5.41 Å². The van der Waals surface area contributed by atoms with Crippen molar-refractivity contribution in [3.05, 3.63) is 289 Å². The molecule has 0 unspecified atom stereocenters. The van der Waals surface area contributed by atoms with Crippen LogP contribution in [-0.2, 0) is 5.41 Å². The summed E-state index contributed by atoms with van der Waals surface area (Å²) in [6.07, 6.45) is 0. The maximum atomic E-state index is 5.67. The largest absolute Gasteiger partial charge is 0.309 e. The lowest BCUT2D eigenvalue weighted by Crippen LogP contribution is -2.25. The van der Waals surface area contributed by atoms with Crippen LogP contribution in [-0.4, -0.2) is 19.5 Å². The first kappa shape index (κ1) is 42.5. The third-order valence-corrected chi connectivity index (χ3v) is 16.2. The molecule has 4 heteroatoms. The lowest BCUT2D eigenvalue weighted by molar-refractivity contribution is 0.794. The van der Waals surface area contributed by atoms with Gasteiger partial charge in [-0.15, -0.1) is 0 Å². The summed E-state index contributed by atoms with van der Waals surface area (Å²) in [5.74, 6) is 1.83. The highest BCUT2D eigenvalue weighted by Crippen LogP contribution is 2.64. The zero-order valence-corrected chi connectivity index (χ0v) is 41.2. The number of fused-ring (bicyclic) bond motifs is 16. The minimum Gasteiger partial charge on any atom is -0.309 e. The van der Waals surface area contributed by atoms with Crippen LogP contribution in [0.25, 0.3) is 128 Å². The maximum absolute atomic E-state index is 5.67. The van der Waals surface area contributed by atoms with E-state index in [0.717, 1.165) is 55.7 Å². The lowest BCUT2D eigenvalue weighted by atomic mass is 9.70. The molecule has 2 aromatic heterocycles. The van der Waals surface area contributed by atoms with Gasteiger partial charge in [-0.25, -0.2) is 15.0 Å². The molecular formula is C72H44N4. The summed E-state index contributed by atoms with van der Waals surface area (Å²) in [6, 6.07) is 97.1. The molecule has 2 aliphatic rings. The Balaban J connectivity index is 0.987. The highest BCUT2D eigenvalue weighted by atomic mass is 15.0. The minimum atomic E-state index is -0.512. The Morgan fingerprint density at radius 1 is 0.263 bits per heavy atom. The van der Waals surface area contributed by atoms with Crippen molar-refractivity contribution in [3.63, 3.8) is 0 Å². The summed E-state index contributed by atoms with van der Waals surface area (Å²) >= 11 is 0. The lowest BCUT2D eigenvalue weighted by Gasteiger charge is -2.30. The van der Waals surface area contributed by atoms with Gasteiger partial charge in [-0.2, -0.15) is 0 Å². The third kappa shape index (κ3) is 6.16. The molecule has 0 saturated heterocycles. The molecule has 0 amide bonds. The van der Waals surface area contributed by atoms with Crippen LogP contribution in [0, 0.1) is 0 Å².